The smallest absolute Gasteiger partial charge is 0.167 e. The quantitative estimate of drug-likeness (QED) is 0.546. The van der Waals surface area contributed by atoms with E-state index in [1.165, 1.54) is 5.56 Å². The van der Waals surface area contributed by atoms with E-state index in [-0.39, 0.29) is 6.04 Å². The lowest BCUT2D eigenvalue weighted by molar-refractivity contribution is 0.459. The molecule has 2 aromatic carbocycles. The second-order valence-corrected chi connectivity index (χ2v) is 6.84. The molecule has 0 aliphatic rings. The molecule has 0 saturated heterocycles. The molecule has 1 unspecified atom stereocenters. The van der Waals surface area contributed by atoms with E-state index in [0.717, 1.165) is 45.6 Å². The van der Waals surface area contributed by atoms with Gasteiger partial charge in [0.2, 0.25) is 0 Å². The highest BCUT2D eigenvalue weighted by molar-refractivity contribution is 5.92. The minimum atomic E-state index is -0.171. The molecule has 4 nitrogen and oxygen atoms in total. The van der Waals surface area contributed by atoms with Crippen molar-refractivity contribution in [1.29, 1.82) is 0 Å². The van der Waals surface area contributed by atoms with Crippen molar-refractivity contribution in [3.63, 3.8) is 0 Å². The van der Waals surface area contributed by atoms with Gasteiger partial charge in [-0.15, -0.1) is 0 Å². The van der Waals surface area contributed by atoms with Crippen molar-refractivity contribution in [2.45, 2.75) is 32.7 Å². The fourth-order valence-corrected chi connectivity index (χ4v) is 3.45. The summed E-state index contributed by atoms with van der Waals surface area (Å²) in [7, 11) is 0. The Bertz CT molecular complexity index is 1080. The molecule has 0 aliphatic carbocycles. The van der Waals surface area contributed by atoms with Crippen LogP contribution in [0.15, 0.2) is 65.2 Å². The Balaban J connectivity index is 1.73. The third-order valence-electron chi connectivity index (χ3n) is 5.03. The average Bonchev–Trinajstić information content (AvgIpc) is 3.13. The van der Waals surface area contributed by atoms with Crippen molar-refractivity contribution in [1.82, 2.24) is 10.1 Å². The van der Waals surface area contributed by atoms with Crippen LogP contribution in [0.2, 0.25) is 0 Å². The van der Waals surface area contributed by atoms with E-state index in [1.807, 2.05) is 36.4 Å². The maximum atomic E-state index is 6.64. The summed E-state index contributed by atoms with van der Waals surface area (Å²) in [6.45, 7) is 4.21. The molecule has 0 radical (unpaired) electrons. The number of rotatable bonds is 5. The number of para-hydroxylation sites is 1. The molecule has 0 aliphatic heterocycles. The monoisotopic (exact) mass is 357 g/mol. The van der Waals surface area contributed by atoms with Gasteiger partial charge in [0.25, 0.3) is 0 Å². The molecule has 0 fully saturated rings. The Labute approximate surface area is 159 Å². The fraction of sp³-hybridized carbons (Fsp3) is 0.217. The van der Waals surface area contributed by atoms with Gasteiger partial charge in [-0.1, -0.05) is 54.5 Å². The lowest BCUT2D eigenvalue weighted by atomic mass is 9.93. The van der Waals surface area contributed by atoms with Gasteiger partial charge >= 0.3 is 0 Å². The maximum absolute atomic E-state index is 6.64. The van der Waals surface area contributed by atoms with Crippen LogP contribution in [0.3, 0.4) is 0 Å². The Hall–Kier alpha value is -2.98. The van der Waals surface area contributed by atoms with Gasteiger partial charge in [0.15, 0.2) is 5.58 Å². The molecule has 0 bridgehead atoms. The molecule has 2 heterocycles. The number of nitrogens with two attached hydrogens (primary N) is 1. The van der Waals surface area contributed by atoms with Crippen molar-refractivity contribution >= 4 is 11.0 Å². The van der Waals surface area contributed by atoms with E-state index in [4.69, 9.17) is 15.2 Å². The molecule has 0 amide bonds. The first kappa shape index (κ1) is 17.4. The summed E-state index contributed by atoms with van der Waals surface area (Å²) in [6, 6.07) is 20.1. The van der Waals surface area contributed by atoms with E-state index < -0.39 is 0 Å². The van der Waals surface area contributed by atoms with Gasteiger partial charge in [-0.25, -0.2) is 0 Å². The fourth-order valence-electron chi connectivity index (χ4n) is 3.45. The third-order valence-corrected chi connectivity index (χ3v) is 5.03. The van der Waals surface area contributed by atoms with Gasteiger partial charge in [0.05, 0.1) is 0 Å². The predicted octanol–water partition coefficient (Wildman–Crippen LogP) is 5.00. The van der Waals surface area contributed by atoms with Crippen LogP contribution in [-0.4, -0.2) is 10.1 Å². The molecule has 27 heavy (non-hydrogen) atoms. The molecule has 4 aromatic rings. The first-order valence-corrected chi connectivity index (χ1v) is 9.32. The van der Waals surface area contributed by atoms with Crippen LogP contribution in [0.25, 0.3) is 22.2 Å². The van der Waals surface area contributed by atoms with Crippen molar-refractivity contribution in [2.75, 3.05) is 0 Å². The van der Waals surface area contributed by atoms with Crippen LogP contribution < -0.4 is 5.73 Å². The molecule has 1 atom stereocenters. The molecule has 2 N–H and O–H groups in total. The Kier molecular flexibility index (Phi) is 4.73. The normalized spacial score (nSPS) is 12.4. The maximum Gasteiger partial charge on any atom is 0.167 e. The SMILES string of the molecule is CCc1ccc(C)c(CC(N)c2ccccc2-c2noc3ccccc23)n1. The van der Waals surface area contributed by atoms with Crippen LogP contribution in [-0.2, 0) is 12.8 Å². The van der Waals surface area contributed by atoms with E-state index in [0.29, 0.717) is 6.42 Å². The Morgan fingerprint density at radius 3 is 2.63 bits per heavy atom. The van der Waals surface area contributed by atoms with Gasteiger partial charge in [-0.2, -0.15) is 0 Å². The standard InChI is InChI=1S/C23H23N3O/c1-3-16-13-12-15(2)21(25-16)14-20(24)17-8-4-5-9-18(17)23-19-10-6-7-11-22(19)27-26-23/h4-13,20H,3,14,24H2,1-2H3. The highest BCUT2D eigenvalue weighted by Crippen LogP contribution is 2.33. The van der Waals surface area contributed by atoms with Gasteiger partial charge in [-0.05, 0) is 42.7 Å². The zero-order chi connectivity index (χ0) is 18.8. The first-order valence-electron chi connectivity index (χ1n) is 9.32. The number of hydrogen-bond donors (Lipinski definition) is 1. The molecule has 4 heteroatoms. The minimum Gasteiger partial charge on any atom is -0.356 e. The number of aryl methyl sites for hydroxylation is 2. The second-order valence-electron chi connectivity index (χ2n) is 6.84. The molecule has 0 spiro atoms. The summed E-state index contributed by atoms with van der Waals surface area (Å²) in [4.78, 5) is 4.78. The van der Waals surface area contributed by atoms with E-state index in [1.54, 1.807) is 0 Å². The summed E-state index contributed by atoms with van der Waals surface area (Å²) >= 11 is 0. The topological polar surface area (TPSA) is 64.9 Å². The Morgan fingerprint density at radius 2 is 1.78 bits per heavy atom. The summed E-state index contributed by atoms with van der Waals surface area (Å²) in [6.07, 6.45) is 1.61. The molecular weight excluding hydrogens is 334 g/mol. The first-order chi connectivity index (χ1) is 13.2. The average molecular weight is 357 g/mol. The number of fused-ring (bicyclic) bond motifs is 1. The van der Waals surface area contributed by atoms with Crippen LogP contribution in [0.5, 0.6) is 0 Å². The summed E-state index contributed by atoms with van der Waals surface area (Å²) in [5, 5.41) is 5.31. The van der Waals surface area contributed by atoms with Crippen LogP contribution in [0, 0.1) is 6.92 Å². The van der Waals surface area contributed by atoms with Crippen molar-refractivity contribution in [2.24, 2.45) is 5.73 Å². The van der Waals surface area contributed by atoms with Crippen molar-refractivity contribution in [3.05, 3.63) is 83.2 Å². The number of pyridine rings is 1. The lowest BCUT2D eigenvalue weighted by Crippen LogP contribution is -2.16. The molecule has 136 valence electrons. The predicted molar refractivity (Wildman–Crippen MR) is 108 cm³/mol. The Morgan fingerprint density at radius 1 is 1.00 bits per heavy atom. The molecule has 4 rings (SSSR count). The number of hydrogen-bond acceptors (Lipinski definition) is 4. The largest absolute Gasteiger partial charge is 0.356 e. The number of nitrogens with zero attached hydrogens (tertiary/aromatic N) is 2. The van der Waals surface area contributed by atoms with Gasteiger partial charge in [0, 0.05) is 34.8 Å². The molecular formula is C23H23N3O. The van der Waals surface area contributed by atoms with Gasteiger partial charge < -0.3 is 10.3 Å². The second kappa shape index (κ2) is 7.33. The number of benzene rings is 2. The molecule has 2 aromatic heterocycles. The van der Waals surface area contributed by atoms with E-state index >= 15 is 0 Å². The van der Waals surface area contributed by atoms with E-state index in [9.17, 15) is 0 Å². The third kappa shape index (κ3) is 3.36. The highest BCUT2D eigenvalue weighted by atomic mass is 16.5. The lowest BCUT2D eigenvalue weighted by Gasteiger charge is -2.17. The zero-order valence-electron chi connectivity index (χ0n) is 15.6. The van der Waals surface area contributed by atoms with Gasteiger partial charge in [-0.3, -0.25) is 4.98 Å². The van der Waals surface area contributed by atoms with Crippen LogP contribution >= 0.6 is 0 Å². The summed E-state index contributed by atoms with van der Waals surface area (Å²) < 4.78 is 5.50. The number of aromatic nitrogens is 2. The summed E-state index contributed by atoms with van der Waals surface area (Å²) in [5.41, 5.74) is 13.7. The van der Waals surface area contributed by atoms with Crippen LogP contribution in [0.1, 0.15) is 35.5 Å². The van der Waals surface area contributed by atoms with E-state index in [2.05, 4.69) is 43.3 Å². The molecule has 0 saturated carbocycles. The zero-order valence-corrected chi connectivity index (χ0v) is 15.6. The minimum absolute atomic E-state index is 0.171. The van der Waals surface area contributed by atoms with Crippen molar-refractivity contribution in [3.8, 4) is 11.3 Å². The van der Waals surface area contributed by atoms with Gasteiger partial charge in [0.1, 0.15) is 5.69 Å². The van der Waals surface area contributed by atoms with Crippen LogP contribution in [0.4, 0.5) is 0 Å². The summed E-state index contributed by atoms with van der Waals surface area (Å²) in [5.74, 6) is 0. The van der Waals surface area contributed by atoms with Crippen molar-refractivity contribution < 1.29 is 4.52 Å². The highest BCUT2D eigenvalue weighted by Gasteiger charge is 2.18.